The van der Waals surface area contributed by atoms with Crippen LogP contribution >= 0.6 is 23.4 Å². The predicted octanol–water partition coefficient (Wildman–Crippen LogP) is 5.51. The molecule has 1 N–H and O–H groups in total. The van der Waals surface area contributed by atoms with Crippen molar-refractivity contribution in [1.82, 2.24) is 10.2 Å². The summed E-state index contributed by atoms with van der Waals surface area (Å²) in [7, 11) is -4.11. The topological polar surface area (TPSA) is 86.8 Å². The summed E-state index contributed by atoms with van der Waals surface area (Å²) in [6, 6.07) is 19.5. The molecule has 0 bridgehead atoms. The molecule has 0 aliphatic carbocycles. The minimum Gasteiger partial charge on any atom is -0.352 e. The Kier molecular flexibility index (Phi) is 10.5. The third-order valence-corrected chi connectivity index (χ3v) is 8.86. The molecule has 3 rings (SSSR count). The maximum Gasteiger partial charge on any atom is 0.264 e. The Balaban J connectivity index is 2.03. The monoisotopic (exact) mass is 587 g/mol. The largest absolute Gasteiger partial charge is 0.352 e. The number of nitrogens with one attached hydrogen (secondary N) is 1. The van der Waals surface area contributed by atoms with Crippen LogP contribution in [0.5, 0.6) is 0 Å². The van der Waals surface area contributed by atoms with Crippen molar-refractivity contribution in [2.75, 3.05) is 17.1 Å². The number of aryl methyl sites for hydroxylation is 1. The molecule has 3 aromatic rings. The molecule has 0 spiro atoms. The van der Waals surface area contributed by atoms with Gasteiger partial charge in [0.2, 0.25) is 11.8 Å². The summed E-state index contributed by atoms with van der Waals surface area (Å²) in [5.41, 5.74) is 2.02. The van der Waals surface area contributed by atoms with E-state index in [0.717, 1.165) is 20.3 Å². The van der Waals surface area contributed by atoms with Gasteiger partial charge in [0.05, 0.1) is 10.6 Å². The lowest BCUT2D eigenvalue weighted by molar-refractivity contribution is -0.139. The second-order valence-electron chi connectivity index (χ2n) is 9.51. The minimum absolute atomic E-state index is 0.0701. The number of benzene rings is 3. The van der Waals surface area contributed by atoms with E-state index < -0.39 is 28.5 Å². The van der Waals surface area contributed by atoms with Gasteiger partial charge < -0.3 is 10.2 Å². The van der Waals surface area contributed by atoms with E-state index in [9.17, 15) is 18.0 Å². The van der Waals surface area contributed by atoms with E-state index in [-0.39, 0.29) is 23.4 Å². The molecule has 0 aliphatic heterocycles. The van der Waals surface area contributed by atoms with Crippen LogP contribution in [0.25, 0.3) is 0 Å². The van der Waals surface area contributed by atoms with Gasteiger partial charge in [0, 0.05) is 22.5 Å². The summed E-state index contributed by atoms with van der Waals surface area (Å²) >= 11 is 7.68. The van der Waals surface area contributed by atoms with E-state index in [4.69, 9.17) is 11.6 Å². The molecule has 2 amide bonds. The minimum atomic E-state index is -4.11. The van der Waals surface area contributed by atoms with Crippen LogP contribution in [-0.4, -0.2) is 50.0 Å². The molecule has 39 heavy (non-hydrogen) atoms. The standard InChI is InChI=1S/C29H34ClN3O4S2/c1-20(2)31-29(35)22(4)32(18-23-7-6-8-24(30)17-23)28(34)19-33(25-11-9-21(3)10-12-25)39(36,37)27-15-13-26(38-5)14-16-27/h6-17,20,22H,18-19H2,1-5H3,(H,31,35). The highest BCUT2D eigenvalue weighted by Crippen LogP contribution is 2.26. The highest BCUT2D eigenvalue weighted by Gasteiger charge is 2.32. The number of amides is 2. The van der Waals surface area contributed by atoms with E-state index in [2.05, 4.69) is 5.32 Å². The normalized spacial score (nSPS) is 12.2. The molecule has 0 heterocycles. The highest BCUT2D eigenvalue weighted by molar-refractivity contribution is 7.98. The highest BCUT2D eigenvalue weighted by atomic mass is 35.5. The van der Waals surface area contributed by atoms with Gasteiger partial charge in [-0.15, -0.1) is 11.8 Å². The Hall–Kier alpha value is -3.01. The Labute approximate surface area is 240 Å². The molecule has 0 aliphatic rings. The quantitative estimate of drug-likeness (QED) is 0.299. The summed E-state index contributed by atoms with van der Waals surface area (Å²) in [5.74, 6) is -0.857. The SMILES string of the molecule is CSc1ccc(S(=O)(=O)N(CC(=O)N(Cc2cccc(Cl)c2)C(C)C(=O)NC(C)C)c2ccc(C)cc2)cc1. The number of carbonyl (C=O) groups excluding carboxylic acids is 2. The zero-order valence-electron chi connectivity index (χ0n) is 22.7. The van der Waals surface area contributed by atoms with Crippen LogP contribution in [0.2, 0.25) is 5.02 Å². The van der Waals surface area contributed by atoms with E-state index >= 15 is 0 Å². The van der Waals surface area contributed by atoms with Crippen molar-refractivity contribution < 1.29 is 18.0 Å². The summed E-state index contributed by atoms with van der Waals surface area (Å²) in [5, 5.41) is 3.34. The molecule has 7 nitrogen and oxygen atoms in total. The van der Waals surface area contributed by atoms with Gasteiger partial charge in [0.25, 0.3) is 10.0 Å². The molecule has 1 atom stereocenters. The fourth-order valence-electron chi connectivity index (χ4n) is 3.93. The number of hydrogen-bond acceptors (Lipinski definition) is 5. The first-order valence-corrected chi connectivity index (χ1v) is 15.5. The van der Waals surface area contributed by atoms with Crippen LogP contribution in [0.4, 0.5) is 5.69 Å². The average Bonchev–Trinajstić information content (AvgIpc) is 2.90. The van der Waals surface area contributed by atoms with Gasteiger partial charge in [0.1, 0.15) is 12.6 Å². The Morgan fingerprint density at radius 2 is 1.62 bits per heavy atom. The third kappa shape index (κ3) is 8.00. The van der Waals surface area contributed by atoms with Crippen molar-refractivity contribution in [2.24, 2.45) is 0 Å². The molecular weight excluding hydrogens is 554 g/mol. The van der Waals surface area contributed by atoms with Crippen molar-refractivity contribution in [3.63, 3.8) is 0 Å². The van der Waals surface area contributed by atoms with Gasteiger partial charge in [-0.25, -0.2) is 8.42 Å². The van der Waals surface area contributed by atoms with Gasteiger partial charge in [-0.1, -0.05) is 41.4 Å². The second-order valence-corrected chi connectivity index (χ2v) is 12.7. The van der Waals surface area contributed by atoms with Gasteiger partial charge in [-0.2, -0.15) is 0 Å². The molecular formula is C29H34ClN3O4S2. The van der Waals surface area contributed by atoms with E-state index in [1.165, 1.54) is 28.8 Å². The van der Waals surface area contributed by atoms with Gasteiger partial charge in [0.15, 0.2) is 0 Å². The van der Waals surface area contributed by atoms with Crippen LogP contribution in [0.15, 0.2) is 82.6 Å². The second kappa shape index (κ2) is 13.4. The van der Waals surface area contributed by atoms with Crippen LogP contribution in [-0.2, 0) is 26.2 Å². The molecule has 10 heteroatoms. The predicted molar refractivity (Wildman–Crippen MR) is 159 cm³/mol. The maximum atomic E-state index is 13.9. The molecule has 0 saturated carbocycles. The molecule has 0 fully saturated rings. The lowest BCUT2D eigenvalue weighted by atomic mass is 10.1. The molecule has 0 aromatic heterocycles. The van der Waals surface area contributed by atoms with Gasteiger partial charge in [-0.3, -0.25) is 13.9 Å². The lowest BCUT2D eigenvalue weighted by Crippen LogP contribution is -2.52. The number of nitrogens with zero attached hydrogens (tertiary/aromatic N) is 2. The Morgan fingerprint density at radius 1 is 0.974 bits per heavy atom. The first-order chi connectivity index (χ1) is 18.4. The van der Waals surface area contributed by atoms with Gasteiger partial charge in [-0.05, 0) is 88.0 Å². The number of rotatable bonds is 11. The fraction of sp³-hybridized carbons (Fsp3) is 0.310. The summed E-state index contributed by atoms with van der Waals surface area (Å²) in [6.45, 7) is 6.79. The van der Waals surface area contributed by atoms with Crippen LogP contribution in [0, 0.1) is 6.92 Å². The molecule has 3 aromatic carbocycles. The number of halogens is 1. The van der Waals surface area contributed by atoms with Crippen molar-refractivity contribution in [3.8, 4) is 0 Å². The smallest absolute Gasteiger partial charge is 0.264 e. The van der Waals surface area contributed by atoms with E-state index in [1.807, 2.05) is 27.0 Å². The Bertz CT molecular complexity index is 1390. The number of anilines is 1. The third-order valence-electron chi connectivity index (χ3n) is 6.09. The van der Waals surface area contributed by atoms with Crippen molar-refractivity contribution in [3.05, 3.63) is 88.9 Å². The first-order valence-electron chi connectivity index (χ1n) is 12.5. The van der Waals surface area contributed by atoms with Gasteiger partial charge >= 0.3 is 0 Å². The van der Waals surface area contributed by atoms with Crippen molar-refractivity contribution >= 4 is 50.9 Å². The first kappa shape index (κ1) is 30.5. The summed E-state index contributed by atoms with van der Waals surface area (Å²) in [6.07, 6.45) is 1.91. The van der Waals surface area contributed by atoms with Crippen LogP contribution in [0.1, 0.15) is 31.9 Å². The maximum absolute atomic E-state index is 13.9. The number of hydrogen-bond donors (Lipinski definition) is 1. The van der Waals surface area contributed by atoms with Crippen molar-refractivity contribution in [2.45, 2.75) is 56.1 Å². The molecule has 1 unspecified atom stereocenters. The molecule has 0 saturated heterocycles. The zero-order valence-corrected chi connectivity index (χ0v) is 25.1. The fourth-order valence-corrected chi connectivity index (χ4v) is 5.97. The van der Waals surface area contributed by atoms with E-state index in [1.54, 1.807) is 67.6 Å². The average molecular weight is 588 g/mol. The van der Waals surface area contributed by atoms with Crippen LogP contribution in [0.3, 0.4) is 0 Å². The van der Waals surface area contributed by atoms with E-state index in [0.29, 0.717) is 10.7 Å². The lowest BCUT2D eigenvalue weighted by Gasteiger charge is -2.32. The number of carbonyl (C=O) groups is 2. The number of sulfonamides is 1. The number of thioether (sulfide) groups is 1. The zero-order chi connectivity index (χ0) is 28.7. The van der Waals surface area contributed by atoms with Crippen molar-refractivity contribution in [1.29, 1.82) is 0 Å². The molecule has 0 radical (unpaired) electrons. The van der Waals surface area contributed by atoms with Crippen LogP contribution < -0.4 is 9.62 Å². The molecule has 208 valence electrons. The Morgan fingerprint density at radius 3 is 2.18 bits per heavy atom. The summed E-state index contributed by atoms with van der Waals surface area (Å²) in [4.78, 5) is 29.2. The summed E-state index contributed by atoms with van der Waals surface area (Å²) < 4.78 is 28.9.